The summed E-state index contributed by atoms with van der Waals surface area (Å²) in [6.45, 7) is 1.64. The van der Waals surface area contributed by atoms with E-state index in [-0.39, 0.29) is 93.0 Å². The Balaban J connectivity index is 0.00000312. The summed E-state index contributed by atoms with van der Waals surface area (Å²) in [6.07, 6.45) is 0. The van der Waals surface area contributed by atoms with Crippen LogP contribution in [0.1, 0.15) is 5.56 Å². The number of hydrogen-bond acceptors (Lipinski definition) is 12. The minimum absolute atomic E-state index is 0. The molecule has 0 saturated carbocycles. The number of fused-ring (bicyclic) bond motifs is 1. The Hall–Kier alpha value is -3.42. The van der Waals surface area contributed by atoms with E-state index < -0.39 is 41.5 Å². The van der Waals surface area contributed by atoms with Crippen LogP contribution in [0.25, 0.3) is 10.8 Å². The Morgan fingerprint density at radius 3 is 2.00 bits per heavy atom. The molecular formula is C30H26N6Na2O8S2. The molecule has 0 amide bonds. The quantitative estimate of drug-likeness (QED) is 0.0468. The summed E-state index contributed by atoms with van der Waals surface area (Å²) in [4.78, 5) is -1.20. The standard InChI is InChI=1S/C30H26N6O8S2.2Na/c1-17-12-25(26(44-2)16-24(17)34-33-23-11-8-19(31)15-27(23)45(38,39)40)35-36-29-28(46(41,42)43)14-18-13-21(9-10-22(18)30(29)37)32-20-6-4-3-5-7-20;;/h3-16,32,37H,31H2,1-2H3,(H,38,39,40)(H,41,42,43);;. The van der Waals surface area contributed by atoms with Crippen LogP contribution in [0.4, 0.5) is 39.8 Å². The molecule has 0 aromatic heterocycles. The number of benzene rings is 5. The van der Waals surface area contributed by atoms with Gasteiger partial charge in [-0.05, 0) is 78.5 Å². The number of aromatic hydroxyl groups is 1. The molecule has 48 heavy (non-hydrogen) atoms. The van der Waals surface area contributed by atoms with Crippen LogP contribution in [0, 0.1) is 6.92 Å². The van der Waals surface area contributed by atoms with Gasteiger partial charge in [0.15, 0.2) is 5.75 Å². The maximum absolute atomic E-state index is 12.4. The van der Waals surface area contributed by atoms with Crippen LogP contribution in [0.15, 0.2) is 115 Å². The molecule has 0 spiro atoms. The van der Waals surface area contributed by atoms with E-state index in [2.05, 4.69) is 25.8 Å². The van der Waals surface area contributed by atoms with E-state index >= 15 is 0 Å². The minimum atomic E-state index is -4.87. The summed E-state index contributed by atoms with van der Waals surface area (Å²) >= 11 is 0. The Bertz CT molecular complexity index is 2270. The average Bonchev–Trinajstić information content (AvgIpc) is 3.00. The second-order valence-corrected chi connectivity index (χ2v) is 12.7. The number of rotatable bonds is 9. The molecule has 238 valence electrons. The maximum atomic E-state index is 12.4. The molecule has 5 aromatic rings. The van der Waals surface area contributed by atoms with E-state index in [1.54, 1.807) is 25.1 Å². The van der Waals surface area contributed by atoms with Crippen LogP contribution in [0.5, 0.6) is 11.5 Å². The van der Waals surface area contributed by atoms with Gasteiger partial charge in [0.05, 0.1) is 12.8 Å². The third kappa shape index (κ3) is 8.97. The minimum Gasteiger partial charge on any atom is -0.505 e. The summed E-state index contributed by atoms with van der Waals surface area (Å²) < 4.78 is 73.2. The number of nitrogen functional groups attached to an aromatic ring is 1. The molecule has 18 heteroatoms. The average molecular weight is 709 g/mol. The fraction of sp³-hybridized carbons (Fsp3) is 0.0667. The van der Waals surface area contributed by atoms with E-state index in [0.717, 1.165) is 11.8 Å². The number of methoxy groups -OCH3 is 1. The number of nitrogens with two attached hydrogens (primary N) is 1. The second kappa shape index (κ2) is 15.9. The van der Waals surface area contributed by atoms with Gasteiger partial charge in [-0.25, -0.2) is 0 Å². The largest absolute Gasteiger partial charge is 0.505 e. The molecule has 2 radical (unpaired) electrons. The zero-order valence-corrected chi connectivity index (χ0v) is 31.8. The molecule has 14 nitrogen and oxygen atoms in total. The number of ether oxygens (including phenoxy) is 1. The van der Waals surface area contributed by atoms with Gasteiger partial charge in [-0.2, -0.15) is 21.9 Å². The smallest absolute Gasteiger partial charge is 0.296 e. The molecule has 6 N–H and O–H groups in total. The normalized spacial score (nSPS) is 11.8. The Morgan fingerprint density at radius 2 is 1.35 bits per heavy atom. The van der Waals surface area contributed by atoms with Gasteiger partial charge in [0.1, 0.15) is 32.6 Å². The van der Waals surface area contributed by atoms with Crippen molar-refractivity contribution in [2.45, 2.75) is 16.7 Å². The predicted molar refractivity (Wildman–Crippen MR) is 183 cm³/mol. The van der Waals surface area contributed by atoms with Crippen LogP contribution in [0.2, 0.25) is 0 Å². The summed E-state index contributed by atoms with van der Waals surface area (Å²) in [5, 5.41) is 30.9. The fourth-order valence-corrected chi connectivity index (χ4v) is 5.77. The monoisotopic (exact) mass is 708 g/mol. The first-order chi connectivity index (χ1) is 21.7. The molecule has 0 bridgehead atoms. The molecule has 5 rings (SSSR count). The number of azo groups is 2. The third-order valence-electron chi connectivity index (χ3n) is 6.67. The SMILES string of the molecule is COc1cc(N=Nc2ccc(N)cc2S(=O)(=O)O)c(C)cc1N=Nc1c(S(=O)(=O)O)cc2cc(Nc3ccccc3)ccc2c1O.[Na].[Na]. The van der Waals surface area contributed by atoms with Crippen molar-refractivity contribution >= 4 is 130 Å². The Kier molecular flexibility index (Phi) is 12.9. The number of nitrogens with one attached hydrogen (secondary N) is 1. The summed E-state index contributed by atoms with van der Waals surface area (Å²) in [5.41, 5.74) is 7.28. The van der Waals surface area contributed by atoms with Crippen LogP contribution < -0.4 is 15.8 Å². The zero-order valence-electron chi connectivity index (χ0n) is 26.1. The first kappa shape index (κ1) is 39.0. The summed E-state index contributed by atoms with van der Waals surface area (Å²) in [5.74, 6) is -0.416. The van der Waals surface area contributed by atoms with Crippen molar-refractivity contribution in [1.82, 2.24) is 0 Å². The number of hydrogen-bond donors (Lipinski definition) is 5. The first-order valence-corrected chi connectivity index (χ1v) is 16.1. The number of nitrogens with zero attached hydrogens (tertiary/aromatic N) is 4. The van der Waals surface area contributed by atoms with Gasteiger partial charge in [-0.1, -0.05) is 18.2 Å². The molecule has 0 aliphatic heterocycles. The molecule has 5 aromatic carbocycles. The second-order valence-electron chi connectivity index (χ2n) is 9.89. The van der Waals surface area contributed by atoms with Gasteiger partial charge < -0.3 is 20.9 Å². The van der Waals surface area contributed by atoms with Crippen molar-refractivity contribution < 1.29 is 35.8 Å². The third-order valence-corrected chi connectivity index (χ3v) is 8.42. The number of phenolic OH excluding ortho intramolecular Hbond substituents is 1. The van der Waals surface area contributed by atoms with Gasteiger partial charge in [-0.15, -0.1) is 15.3 Å². The molecule has 0 aliphatic rings. The molecule has 0 saturated heterocycles. The van der Waals surface area contributed by atoms with E-state index in [1.165, 1.54) is 37.4 Å². The van der Waals surface area contributed by atoms with Gasteiger partial charge in [0, 0.05) is 87.6 Å². The number of phenols is 1. The Labute approximate surface area is 320 Å². The zero-order chi connectivity index (χ0) is 33.2. The van der Waals surface area contributed by atoms with E-state index in [0.29, 0.717) is 16.6 Å². The van der Waals surface area contributed by atoms with Gasteiger partial charge in [-0.3, -0.25) is 9.11 Å². The number of para-hydroxylation sites is 1. The molecule has 0 fully saturated rings. The maximum Gasteiger partial charge on any atom is 0.296 e. The first-order valence-electron chi connectivity index (χ1n) is 13.2. The van der Waals surface area contributed by atoms with Crippen LogP contribution >= 0.6 is 0 Å². The number of anilines is 3. The van der Waals surface area contributed by atoms with E-state index in [9.17, 15) is 31.0 Å². The Morgan fingerprint density at radius 1 is 0.708 bits per heavy atom. The van der Waals surface area contributed by atoms with Gasteiger partial charge in [0.25, 0.3) is 20.2 Å². The predicted octanol–water partition coefficient (Wildman–Crippen LogP) is 6.75. The molecule has 0 aliphatic carbocycles. The topological polar surface area (TPSA) is 226 Å². The molecular weight excluding hydrogens is 682 g/mol. The van der Waals surface area contributed by atoms with Crippen LogP contribution in [-0.2, 0) is 20.2 Å². The van der Waals surface area contributed by atoms with Gasteiger partial charge >= 0.3 is 0 Å². The number of aryl methyl sites for hydroxylation is 1. The van der Waals surface area contributed by atoms with E-state index in [1.807, 2.05) is 30.3 Å². The van der Waals surface area contributed by atoms with Crippen LogP contribution in [-0.4, -0.2) is 97.3 Å². The van der Waals surface area contributed by atoms with Crippen molar-refractivity contribution in [2.24, 2.45) is 20.5 Å². The molecule has 0 unspecified atom stereocenters. The molecule has 0 atom stereocenters. The van der Waals surface area contributed by atoms with Crippen LogP contribution in [0.3, 0.4) is 0 Å². The van der Waals surface area contributed by atoms with Crippen molar-refractivity contribution in [3.05, 3.63) is 90.5 Å². The molecule has 0 heterocycles. The van der Waals surface area contributed by atoms with Crippen molar-refractivity contribution in [2.75, 3.05) is 18.2 Å². The van der Waals surface area contributed by atoms with Gasteiger partial charge in [0.2, 0.25) is 0 Å². The van der Waals surface area contributed by atoms with E-state index in [4.69, 9.17) is 10.5 Å². The van der Waals surface area contributed by atoms with Crippen molar-refractivity contribution in [1.29, 1.82) is 0 Å². The van der Waals surface area contributed by atoms with Crippen molar-refractivity contribution in [3.63, 3.8) is 0 Å². The summed E-state index contributed by atoms with van der Waals surface area (Å²) in [7, 11) is -8.17. The fourth-order valence-electron chi connectivity index (χ4n) is 4.45. The summed E-state index contributed by atoms with van der Waals surface area (Å²) in [6, 6.07) is 21.9. The van der Waals surface area contributed by atoms with Crippen molar-refractivity contribution in [3.8, 4) is 11.5 Å².